The number of ether oxygens (including phenoxy) is 5. The summed E-state index contributed by atoms with van der Waals surface area (Å²) >= 11 is 0.596. The van der Waals surface area contributed by atoms with Gasteiger partial charge in [-0.25, -0.2) is 13.7 Å². The molecule has 0 saturated carbocycles. The van der Waals surface area contributed by atoms with Gasteiger partial charge in [-0.05, 0) is 221 Å². The Morgan fingerprint density at radius 1 is 0.314 bits per heavy atom. The van der Waals surface area contributed by atoms with E-state index in [4.69, 9.17) is 28.9 Å². The normalized spacial score (nSPS) is 11.0. The molecule has 2 N–H and O–H groups in total. The van der Waals surface area contributed by atoms with Crippen LogP contribution in [0.1, 0.15) is 85.9 Å². The third kappa shape index (κ3) is 19.0. The van der Waals surface area contributed by atoms with Crippen molar-refractivity contribution in [3.63, 3.8) is 0 Å². The first kappa shape index (κ1) is 73.1. The Morgan fingerprint density at radius 2 is 0.569 bits per heavy atom. The van der Waals surface area contributed by atoms with E-state index in [-0.39, 0.29) is 49.1 Å². The van der Waals surface area contributed by atoms with Crippen LogP contribution >= 0.6 is 12.0 Å². The summed E-state index contributed by atoms with van der Waals surface area (Å²) < 4.78 is 91.9. The smallest absolute Gasteiger partial charge is 0.295 e. The Morgan fingerprint density at radius 3 is 0.882 bits per heavy atom. The first-order valence-corrected chi connectivity index (χ1v) is 35.1. The Bertz CT molecular complexity index is 5050. The summed E-state index contributed by atoms with van der Waals surface area (Å²) in [7, 11) is -5.26. The lowest BCUT2D eigenvalue weighted by Crippen LogP contribution is -2.02. The topological polar surface area (TPSA) is 242 Å². The van der Waals surface area contributed by atoms with E-state index in [1.807, 2.05) is 88.4 Å². The van der Waals surface area contributed by atoms with Gasteiger partial charge in [0.25, 0.3) is 10.1 Å². The quantitative estimate of drug-likeness (QED) is 0.0199. The molecule has 12 aromatic carbocycles. The molecule has 0 aliphatic carbocycles. The number of carbonyl (C=O) groups excluding carboxylic acids is 4. The van der Waals surface area contributed by atoms with Crippen molar-refractivity contribution >= 4 is 55.1 Å². The lowest BCUT2D eigenvalue weighted by atomic mass is 10.0. The van der Waals surface area contributed by atoms with E-state index in [0.29, 0.717) is 107 Å². The molecule has 0 fully saturated rings. The molecule has 514 valence electrons. The Balaban J connectivity index is 0.000000166. The van der Waals surface area contributed by atoms with Gasteiger partial charge in [0.15, 0.2) is 23.1 Å². The van der Waals surface area contributed by atoms with E-state index < -0.39 is 20.0 Å². The van der Waals surface area contributed by atoms with Crippen LogP contribution in [0, 0.1) is 27.7 Å². The van der Waals surface area contributed by atoms with Crippen molar-refractivity contribution in [2.75, 3.05) is 14.2 Å². The van der Waals surface area contributed by atoms with Crippen molar-refractivity contribution in [1.82, 2.24) is 0 Å². The first-order chi connectivity index (χ1) is 49.0. The minimum absolute atomic E-state index is 0.0227. The van der Waals surface area contributed by atoms with Gasteiger partial charge in [-0.1, -0.05) is 112 Å². The fourth-order valence-corrected chi connectivity index (χ4v) is 12.7. The highest BCUT2D eigenvalue weighted by molar-refractivity contribution is 7.94. The third-order valence-electron chi connectivity index (χ3n) is 15.8. The molecule has 0 aliphatic heterocycles. The second-order valence-electron chi connectivity index (χ2n) is 23.1. The number of hydrogen-bond acceptors (Lipinski definition) is 17. The SMILES string of the molecule is COc1ccc(-c2ccc(Oc3ccc(C(=O)c4ccc(C)cc4)cc3)cc2SOOO)c(S(=O)(=O)O)c1.COc1ccc(C(=O)c2ccc(Oc3ccc(S(=O)(=O)c4ccc(C)cc4)cc3)cc2)cc1.Cc1ccc(C(=O)c2ccc(Oc3ccc(C(=O)c4ccc(C)cc4)cc3)cc2)cc1. The number of ketones is 4. The predicted molar refractivity (Wildman–Crippen MR) is 388 cm³/mol. The van der Waals surface area contributed by atoms with Crippen LogP contribution in [0.2, 0.25) is 0 Å². The summed E-state index contributed by atoms with van der Waals surface area (Å²) in [5.74, 6) is 3.72. The van der Waals surface area contributed by atoms with Crippen LogP contribution in [-0.2, 0) is 29.3 Å². The van der Waals surface area contributed by atoms with E-state index in [1.54, 1.807) is 189 Å². The molecule has 0 radical (unpaired) electrons. The number of rotatable bonds is 23. The van der Waals surface area contributed by atoms with Crippen molar-refractivity contribution < 1.29 is 78.9 Å². The average Bonchev–Trinajstić information content (AvgIpc) is 0.750. The maximum Gasteiger partial charge on any atom is 0.295 e. The fraction of sp³-hybridized carbons (Fsp3) is 0.0732. The molecule has 0 spiro atoms. The highest BCUT2D eigenvalue weighted by Gasteiger charge is 2.23. The molecule has 20 heteroatoms. The van der Waals surface area contributed by atoms with Gasteiger partial charge in [0.2, 0.25) is 9.84 Å². The molecule has 0 heterocycles. The van der Waals surface area contributed by atoms with Crippen molar-refractivity contribution in [2.24, 2.45) is 0 Å². The standard InChI is InChI=1S/C28H22O3.C27H22O9S2.C27H22O5S/c1-19-3-7-21(8-4-19)27(29)23-11-15-25(16-12-23)31-26-17-13-24(14-18-26)28(30)22-9-5-20(2)6-10-22;1-17-3-5-18(6-4-17)27(28)19-7-9-20(10-8-19)34-22-12-13-23(25(15-22)37-36-35-29)24-14-11-21(33-2)16-26(24)38(30,31)32;1-19-3-15-25(16-4-19)33(29,30)26-17-13-24(14-18-26)32-23-11-7-21(8-12-23)27(28)20-5-9-22(31-2)10-6-20/h3-18H,1-2H3;3-16,29H,1-2H3,(H,30,31,32);3-18H,1-2H3. The zero-order valence-electron chi connectivity index (χ0n) is 55.8. The summed E-state index contributed by atoms with van der Waals surface area (Å²) in [6.07, 6.45) is 0. The van der Waals surface area contributed by atoms with Crippen molar-refractivity contribution in [3.8, 4) is 57.1 Å². The van der Waals surface area contributed by atoms with Gasteiger partial charge in [-0.15, -0.1) is 4.33 Å². The summed E-state index contributed by atoms with van der Waals surface area (Å²) in [4.78, 5) is 50.9. The van der Waals surface area contributed by atoms with Gasteiger partial charge in [-0.2, -0.15) is 8.42 Å². The second kappa shape index (κ2) is 33.5. The molecule has 102 heavy (non-hydrogen) atoms. The van der Waals surface area contributed by atoms with Gasteiger partial charge >= 0.3 is 0 Å². The maximum atomic E-state index is 12.8. The van der Waals surface area contributed by atoms with E-state index in [9.17, 15) is 40.6 Å². The summed E-state index contributed by atoms with van der Waals surface area (Å²) in [5, 5.41) is 12.4. The van der Waals surface area contributed by atoms with Crippen molar-refractivity contribution in [3.05, 3.63) is 346 Å². The minimum atomic E-state index is -4.61. The lowest BCUT2D eigenvalue weighted by molar-refractivity contribution is -0.432. The lowest BCUT2D eigenvalue weighted by Gasteiger charge is -2.14. The molecule has 0 saturated heterocycles. The van der Waals surface area contributed by atoms with Gasteiger partial charge < -0.3 is 23.7 Å². The molecule has 12 aromatic rings. The highest BCUT2D eigenvalue weighted by atomic mass is 32.2. The zero-order chi connectivity index (χ0) is 72.5. The molecule has 12 rings (SSSR count). The van der Waals surface area contributed by atoms with Gasteiger partial charge in [0.1, 0.15) is 50.9 Å². The third-order valence-corrected chi connectivity index (χ3v) is 19.1. The molecule has 0 aromatic heterocycles. The van der Waals surface area contributed by atoms with Gasteiger partial charge in [0.05, 0.1) is 40.9 Å². The number of carbonyl (C=O) groups is 4. The van der Waals surface area contributed by atoms with Crippen LogP contribution in [-0.4, -0.2) is 64.0 Å². The molecular formula is C82H66O17S3. The van der Waals surface area contributed by atoms with Gasteiger partial charge in [0, 0.05) is 56.1 Å². The Labute approximate surface area is 594 Å². The van der Waals surface area contributed by atoms with Crippen LogP contribution in [0.5, 0.6) is 46.0 Å². The Kier molecular flexibility index (Phi) is 24.0. The van der Waals surface area contributed by atoms with E-state index >= 15 is 0 Å². The molecule has 0 bridgehead atoms. The van der Waals surface area contributed by atoms with Crippen molar-refractivity contribution in [2.45, 2.75) is 47.3 Å². The average molecular weight is 1420 g/mol. The number of methoxy groups -OCH3 is 2. The largest absolute Gasteiger partial charge is 0.497 e. The minimum Gasteiger partial charge on any atom is -0.497 e. The molecule has 0 unspecified atom stereocenters. The molecular weight excluding hydrogens is 1350 g/mol. The first-order valence-electron chi connectivity index (χ1n) is 31.4. The van der Waals surface area contributed by atoms with Crippen molar-refractivity contribution in [1.29, 1.82) is 0 Å². The molecule has 0 amide bonds. The summed E-state index contributed by atoms with van der Waals surface area (Å²) in [6.45, 7) is 7.84. The second-order valence-corrected chi connectivity index (χ2v) is 27.1. The molecule has 17 nitrogen and oxygen atoms in total. The zero-order valence-corrected chi connectivity index (χ0v) is 58.3. The van der Waals surface area contributed by atoms with Crippen LogP contribution in [0.3, 0.4) is 0 Å². The molecule has 0 atom stereocenters. The van der Waals surface area contributed by atoms with E-state index in [1.165, 1.54) is 43.5 Å². The van der Waals surface area contributed by atoms with Gasteiger partial charge in [-0.3, -0.25) is 23.7 Å². The predicted octanol–water partition coefficient (Wildman–Crippen LogP) is 18.8. The number of benzene rings is 12. The number of sulfone groups is 1. The fourth-order valence-electron chi connectivity index (χ4n) is 10.1. The highest BCUT2D eigenvalue weighted by Crippen LogP contribution is 2.40. The van der Waals surface area contributed by atoms with Crippen LogP contribution in [0.15, 0.2) is 299 Å². The summed E-state index contributed by atoms with van der Waals surface area (Å²) in [5.41, 5.74) is 9.50. The van der Waals surface area contributed by atoms with E-state index in [0.717, 1.165) is 22.3 Å². The summed E-state index contributed by atoms with van der Waals surface area (Å²) in [6, 6.07) is 78.6. The number of hydrogen-bond donors (Lipinski definition) is 2. The van der Waals surface area contributed by atoms with E-state index in [2.05, 4.69) is 9.37 Å². The number of aryl methyl sites for hydroxylation is 4. The maximum absolute atomic E-state index is 12.8. The monoisotopic (exact) mass is 1420 g/mol. The van der Waals surface area contributed by atoms with Crippen LogP contribution in [0.4, 0.5) is 0 Å². The Hall–Kier alpha value is -11.6. The molecule has 0 aliphatic rings. The van der Waals surface area contributed by atoms with Crippen LogP contribution in [0.25, 0.3) is 11.1 Å². The van der Waals surface area contributed by atoms with Crippen LogP contribution < -0.4 is 23.7 Å².